The summed E-state index contributed by atoms with van der Waals surface area (Å²) in [4.78, 5) is 17.5. The standard InChI is InChI=1S/C31H47N3O2/c1-3-33(2)23-15-8-6-4-5-7-9-16-24-34-25-21-28(22-26-34)36-31(35)32-30-20-14-13-19-29(30)27-17-11-10-12-18-27/h10-14,17-20,28H,3-9,15-16,21-26H2,1-2H3,(H,32,35). The van der Waals surface area contributed by atoms with E-state index in [2.05, 4.69) is 41.2 Å². The van der Waals surface area contributed by atoms with E-state index in [-0.39, 0.29) is 12.2 Å². The fraction of sp³-hybridized carbons (Fsp3) is 0.581. The van der Waals surface area contributed by atoms with Gasteiger partial charge in [-0.05, 0) is 64.0 Å². The number of benzene rings is 2. The summed E-state index contributed by atoms with van der Waals surface area (Å²) in [6, 6.07) is 18.0. The summed E-state index contributed by atoms with van der Waals surface area (Å²) in [6.45, 7) is 7.83. The molecule has 1 saturated heterocycles. The molecule has 1 aliphatic rings. The van der Waals surface area contributed by atoms with E-state index in [4.69, 9.17) is 4.74 Å². The highest BCUT2D eigenvalue weighted by Gasteiger charge is 2.22. The Kier molecular flexibility index (Phi) is 12.8. The van der Waals surface area contributed by atoms with Crippen molar-refractivity contribution in [3.05, 3.63) is 54.6 Å². The van der Waals surface area contributed by atoms with Gasteiger partial charge < -0.3 is 14.5 Å². The number of unbranched alkanes of at least 4 members (excludes halogenated alkanes) is 7. The van der Waals surface area contributed by atoms with Gasteiger partial charge in [-0.1, -0.05) is 94.0 Å². The van der Waals surface area contributed by atoms with Gasteiger partial charge >= 0.3 is 6.09 Å². The van der Waals surface area contributed by atoms with Crippen molar-refractivity contribution in [1.82, 2.24) is 9.80 Å². The summed E-state index contributed by atoms with van der Waals surface area (Å²) >= 11 is 0. The summed E-state index contributed by atoms with van der Waals surface area (Å²) < 4.78 is 5.77. The number of hydrogen-bond acceptors (Lipinski definition) is 4. The zero-order chi connectivity index (χ0) is 25.4. The molecule has 1 fully saturated rings. The monoisotopic (exact) mass is 493 g/mol. The van der Waals surface area contributed by atoms with Crippen molar-refractivity contribution in [2.75, 3.05) is 45.1 Å². The molecule has 0 bridgehead atoms. The van der Waals surface area contributed by atoms with Crippen molar-refractivity contribution in [3.63, 3.8) is 0 Å². The van der Waals surface area contributed by atoms with Gasteiger partial charge in [0.25, 0.3) is 0 Å². The zero-order valence-corrected chi connectivity index (χ0v) is 22.6. The SMILES string of the molecule is CCN(C)CCCCCCCCCCN1CCC(OC(=O)Nc2ccccc2-c2ccccc2)CC1. The van der Waals surface area contributed by atoms with Crippen LogP contribution in [0.25, 0.3) is 11.1 Å². The van der Waals surface area contributed by atoms with E-state index in [1.54, 1.807) is 0 Å². The summed E-state index contributed by atoms with van der Waals surface area (Å²) in [5.74, 6) is 0. The molecule has 1 heterocycles. The minimum absolute atomic E-state index is 0.00208. The van der Waals surface area contributed by atoms with Gasteiger partial charge in [0.05, 0.1) is 5.69 Å². The molecule has 2 aromatic rings. The van der Waals surface area contributed by atoms with Gasteiger partial charge in [-0.25, -0.2) is 4.79 Å². The topological polar surface area (TPSA) is 44.8 Å². The van der Waals surface area contributed by atoms with E-state index in [1.165, 1.54) is 64.5 Å². The number of carbonyl (C=O) groups is 1. The Hall–Kier alpha value is -2.37. The molecule has 5 heteroatoms. The Balaban J connectivity index is 1.24. The maximum Gasteiger partial charge on any atom is 0.411 e. The third kappa shape index (κ3) is 10.3. The highest BCUT2D eigenvalue weighted by atomic mass is 16.6. The predicted octanol–water partition coefficient (Wildman–Crippen LogP) is 7.44. The number of hydrogen-bond donors (Lipinski definition) is 1. The highest BCUT2D eigenvalue weighted by molar-refractivity contribution is 5.91. The average Bonchev–Trinajstić information content (AvgIpc) is 2.91. The summed E-state index contributed by atoms with van der Waals surface area (Å²) in [6.07, 6.45) is 12.3. The quantitative estimate of drug-likeness (QED) is 0.262. The molecule has 0 atom stereocenters. The van der Waals surface area contributed by atoms with Crippen LogP contribution in [0.15, 0.2) is 54.6 Å². The van der Waals surface area contributed by atoms with Crippen LogP contribution in [-0.2, 0) is 4.74 Å². The molecule has 2 aromatic carbocycles. The lowest BCUT2D eigenvalue weighted by Crippen LogP contribution is -2.38. The minimum Gasteiger partial charge on any atom is -0.446 e. The molecule has 1 aliphatic heterocycles. The Morgan fingerprint density at radius 1 is 0.889 bits per heavy atom. The molecule has 0 aliphatic carbocycles. The van der Waals surface area contributed by atoms with Crippen molar-refractivity contribution in [3.8, 4) is 11.1 Å². The normalized spacial score (nSPS) is 14.8. The zero-order valence-electron chi connectivity index (χ0n) is 22.6. The minimum atomic E-state index is -0.353. The van der Waals surface area contributed by atoms with Crippen LogP contribution in [0.4, 0.5) is 10.5 Å². The maximum atomic E-state index is 12.6. The molecule has 1 N–H and O–H groups in total. The van der Waals surface area contributed by atoms with E-state index in [0.717, 1.165) is 49.3 Å². The first-order valence-corrected chi connectivity index (χ1v) is 14.2. The predicted molar refractivity (Wildman–Crippen MR) is 152 cm³/mol. The van der Waals surface area contributed by atoms with E-state index in [9.17, 15) is 4.79 Å². The van der Waals surface area contributed by atoms with Crippen LogP contribution in [-0.4, -0.2) is 61.8 Å². The lowest BCUT2D eigenvalue weighted by molar-refractivity contribution is 0.0585. The molecule has 3 rings (SSSR count). The first-order chi connectivity index (χ1) is 17.7. The second-order valence-electron chi connectivity index (χ2n) is 10.2. The Morgan fingerprint density at radius 3 is 2.19 bits per heavy atom. The van der Waals surface area contributed by atoms with Crippen LogP contribution in [0.1, 0.15) is 71.1 Å². The number of nitrogens with one attached hydrogen (secondary N) is 1. The van der Waals surface area contributed by atoms with Gasteiger partial charge in [0, 0.05) is 18.7 Å². The average molecular weight is 494 g/mol. The summed E-state index contributed by atoms with van der Waals surface area (Å²) in [5, 5.41) is 2.97. The van der Waals surface area contributed by atoms with E-state index < -0.39 is 0 Å². The number of piperidine rings is 1. The Labute approximate surface area is 219 Å². The van der Waals surface area contributed by atoms with Gasteiger partial charge in [-0.3, -0.25) is 5.32 Å². The van der Waals surface area contributed by atoms with Gasteiger partial charge in [-0.15, -0.1) is 0 Å². The number of carbonyl (C=O) groups excluding carboxylic acids is 1. The highest BCUT2D eigenvalue weighted by Crippen LogP contribution is 2.28. The van der Waals surface area contributed by atoms with Crippen molar-refractivity contribution < 1.29 is 9.53 Å². The number of rotatable bonds is 15. The maximum absolute atomic E-state index is 12.6. The fourth-order valence-corrected chi connectivity index (χ4v) is 4.94. The first kappa shape index (κ1) is 28.2. The van der Waals surface area contributed by atoms with E-state index >= 15 is 0 Å². The number of anilines is 1. The summed E-state index contributed by atoms with van der Waals surface area (Å²) in [5.41, 5.74) is 2.87. The van der Waals surface area contributed by atoms with Crippen LogP contribution >= 0.6 is 0 Å². The van der Waals surface area contributed by atoms with Gasteiger partial charge in [0.1, 0.15) is 6.10 Å². The lowest BCUT2D eigenvalue weighted by atomic mass is 10.0. The van der Waals surface area contributed by atoms with Crippen molar-refractivity contribution in [1.29, 1.82) is 0 Å². The van der Waals surface area contributed by atoms with Gasteiger partial charge in [0.2, 0.25) is 0 Å². The molecular formula is C31H47N3O2. The van der Waals surface area contributed by atoms with Crippen LogP contribution in [0.3, 0.4) is 0 Å². The number of likely N-dealkylation sites (tertiary alicyclic amines) is 1. The molecule has 36 heavy (non-hydrogen) atoms. The third-order valence-corrected chi connectivity index (χ3v) is 7.36. The van der Waals surface area contributed by atoms with Crippen molar-refractivity contribution >= 4 is 11.8 Å². The molecule has 0 spiro atoms. The smallest absolute Gasteiger partial charge is 0.411 e. The number of para-hydroxylation sites is 1. The van der Waals surface area contributed by atoms with E-state index in [1.807, 2.05) is 42.5 Å². The number of ether oxygens (including phenoxy) is 1. The molecule has 0 unspecified atom stereocenters. The van der Waals surface area contributed by atoms with Crippen LogP contribution in [0, 0.1) is 0 Å². The van der Waals surface area contributed by atoms with Gasteiger partial charge in [0.15, 0.2) is 0 Å². The Bertz CT molecular complexity index is 865. The molecule has 1 amide bonds. The van der Waals surface area contributed by atoms with Crippen molar-refractivity contribution in [2.24, 2.45) is 0 Å². The summed E-state index contributed by atoms with van der Waals surface area (Å²) in [7, 11) is 2.21. The van der Waals surface area contributed by atoms with Crippen LogP contribution in [0.5, 0.6) is 0 Å². The largest absolute Gasteiger partial charge is 0.446 e. The van der Waals surface area contributed by atoms with Crippen LogP contribution in [0.2, 0.25) is 0 Å². The van der Waals surface area contributed by atoms with E-state index in [0.29, 0.717) is 0 Å². The fourth-order valence-electron chi connectivity index (χ4n) is 4.94. The van der Waals surface area contributed by atoms with Gasteiger partial charge in [-0.2, -0.15) is 0 Å². The molecule has 5 nitrogen and oxygen atoms in total. The molecule has 0 saturated carbocycles. The molecule has 0 aromatic heterocycles. The Morgan fingerprint density at radius 2 is 1.50 bits per heavy atom. The second kappa shape index (κ2) is 16.4. The lowest BCUT2D eigenvalue weighted by Gasteiger charge is -2.31. The first-order valence-electron chi connectivity index (χ1n) is 14.2. The third-order valence-electron chi connectivity index (χ3n) is 7.36. The molecular weight excluding hydrogens is 446 g/mol. The number of nitrogens with zero attached hydrogens (tertiary/aromatic N) is 2. The van der Waals surface area contributed by atoms with Crippen LogP contribution < -0.4 is 5.32 Å². The second-order valence-corrected chi connectivity index (χ2v) is 10.2. The van der Waals surface area contributed by atoms with Crippen molar-refractivity contribution in [2.45, 2.75) is 77.2 Å². The molecule has 198 valence electrons. The number of amides is 1. The molecule has 0 radical (unpaired) electrons.